The van der Waals surface area contributed by atoms with Crippen LogP contribution in [0.15, 0.2) is 24.3 Å². The van der Waals surface area contributed by atoms with Gasteiger partial charge in [-0.2, -0.15) is 0 Å². The first-order valence-corrected chi connectivity index (χ1v) is 5.88. The van der Waals surface area contributed by atoms with Crippen LogP contribution < -0.4 is 10.5 Å². The van der Waals surface area contributed by atoms with Crippen LogP contribution >= 0.6 is 0 Å². The largest absolute Gasteiger partial charge is 0.496 e. The topological polar surface area (TPSA) is 44.5 Å². The fourth-order valence-corrected chi connectivity index (χ4v) is 1.74. The number of para-hydroxylation sites is 1. The fourth-order valence-electron chi connectivity index (χ4n) is 1.74. The summed E-state index contributed by atoms with van der Waals surface area (Å²) in [5.41, 5.74) is 6.64. The monoisotopic (exact) mass is 259 g/mol. The van der Waals surface area contributed by atoms with Crippen molar-refractivity contribution in [1.82, 2.24) is 0 Å². The van der Waals surface area contributed by atoms with Gasteiger partial charge in [0.15, 0.2) is 0 Å². The molecule has 0 saturated carbocycles. The normalized spacial score (nSPS) is 14.6. The summed E-state index contributed by atoms with van der Waals surface area (Å²) >= 11 is 0. The smallest absolute Gasteiger partial charge is 0.261 e. The van der Waals surface area contributed by atoms with Crippen molar-refractivity contribution in [2.75, 3.05) is 13.7 Å². The Morgan fingerprint density at radius 2 is 1.94 bits per heavy atom. The summed E-state index contributed by atoms with van der Waals surface area (Å²) in [4.78, 5) is 0. The molecule has 2 N–H and O–H groups in total. The maximum Gasteiger partial charge on any atom is 0.261 e. The summed E-state index contributed by atoms with van der Waals surface area (Å²) < 4.78 is 35.0. The Hall–Kier alpha value is -1.20. The van der Waals surface area contributed by atoms with E-state index in [-0.39, 0.29) is 6.04 Å². The van der Waals surface area contributed by atoms with Crippen LogP contribution in [0.4, 0.5) is 8.78 Å². The van der Waals surface area contributed by atoms with Gasteiger partial charge in [0.1, 0.15) is 18.5 Å². The Labute approximate surface area is 106 Å². The third-order valence-electron chi connectivity index (χ3n) is 2.71. The van der Waals surface area contributed by atoms with Gasteiger partial charge < -0.3 is 15.2 Å². The van der Waals surface area contributed by atoms with E-state index in [2.05, 4.69) is 0 Å². The Kier molecular flexibility index (Phi) is 6.01. The van der Waals surface area contributed by atoms with E-state index in [0.717, 1.165) is 0 Å². The zero-order valence-corrected chi connectivity index (χ0v) is 10.6. The minimum absolute atomic E-state index is 0.347. The van der Waals surface area contributed by atoms with Crippen molar-refractivity contribution in [3.05, 3.63) is 29.8 Å². The van der Waals surface area contributed by atoms with E-state index < -0.39 is 19.1 Å². The van der Waals surface area contributed by atoms with E-state index in [0.29, 0.717) is 17.7 Å². The van der Waals surface area contributed by atoms with Gasteiger partial charge in [0.2, 0.25) is 0 Å². The maximum absolute atomic E-state index is 12.3. The highest BCUT2D eigenvalue weighted by molar-refractivity contribution is 5.35. The molecule has 0 fully saturated rings. The summed E-state index contributed by atoms with van der Waals surface area (Å²) in [7, 11) is 1.53. The molecule has 2 unspecified atom stereocenters. The second kappa shape index (κ2) is 7.28. The van der Waals surface area contributed by atoms with Gasteiger partial charge in [-0.25, -0.2) is 8.78 Å². The molecule has 1 aromatic rings. The number of methoxy groups -OCH3 is 1. The van der Waals surface area contributed by atoms with Gasteiger partial charge in [-0.3, -0.25) is 0 Å². The van der Waals surface area contributed by atoms with Gasteiger partial charge in [-0.1, -0.05) is 25.1 Å². The third-order valence-corrected chi connectivity index (χ3v) is 2.71. The molecule has 0 saturated heterocycles. The molecule has 0 aliphatic heterocycles. The molecule has 1 rings (SSSR count). The number of rotatable bonds is 7. The van der Waals surface area contributed by atoms with Crippen LogP contribution in [0.3, 0.4) is 0 Å². The number of nitrogens with two attached hydrogens (primary N) is 1. The van der Waals surface area contributed by atoms with E-state index in [9.17, 15) is 8.78 Å². The lowest BCUT2D eigenvalue weighted by Crippen LogP contribution is -2.31. The van der Waals surface area contributed by atoms with Crippen molar-refractivity contribution in [3.8, 4) is 5.75 Å². The van der Waals surface area contributed by atoms with Gasteiger partial charge in [-0.05, 0) is 12.5 Å². The van der Waals surface area contributed by atoms with Crippen molar-refractivity contribution in [2.24, 2.45) is 5.73 Å². The highest BCUT2D eigenvalue weighted by atomic mass is 19.3. The van der Waals surface area contributed by atoms with Crippen molar-refractivity contribution in [1.29, 1.82) is 0 Å². The molecule has 0 heterocycles. The average Bonchev–Trinajstić information content (AvgIpc) is 2.38. The van der Waals surface area contributed by atoms with Crippen molar-refractivity contribution >= 4 is 0 Å². The Morgan fingerprint density at radius 1 is 1.28 bits per heavy atom. The summed E-state index contributed by atoms with van der Waals surface area (Å²) in [6.45, 7) is 1.26. The lowest BCUT2D eigenvalue weighted by molar-refractivity contribution is -0.0358. The highest BCUT2D eigenvalue weighted by Crippen LogP contribution is 2.30. The zero-order chi connectivity index (χ0) is 13.5. The standard InChI is InChI=1S/C13H19F2NO2/c1-3-10(16)13(18-8-12(14)15)9-6-4-5-7-11(9)17-2/h4-7,10,12-13H,3,8,16H2,1-2H3. The molecule has 0 aromatic heterocycles. The quantitative estimate of drug-likeness (QED) is 0.819. The first-order chi connectivity index (χ1) is 8.60. The summed E-state index contributed by atoms with van der Waals surface area (Å²) in [5.74, 6) is 0.598. The third kappa shape index (κ3) is 3.92. The van der Waals surface area contributed by atoms with Crippen LogP contribution in [0.2, 0.25) is 0 Å². The fraction of sp³-hybridized carbons (Fsp3) is 0.538. The first-order valence-electron chi connectivity index (χ1n) is 5.88. The van der Waals surface area contributed by atoms with Gasteiger partial charge in [-0.15, -0.1) is 0 Å². The SMILES string of the molecule is CCC(N)C(OCC(F)F)c1ccccc1OC. The minimum atomic E-state index is -2.51. The van der Waals surface area contributed by atoms with Crippen LogP contribution in [0.5, 0.6) is 5.75 Å². The molecule has 1 aromatic carbocycles. The predicted octanol–water partition coefficient (Wildman–Crippen LogP) is 2.76. The molecule has 3 nitrogen and oxygen atoms in total. The summed E-state index contributed by atoms with van der Waals surface area (Å²) in [6, 6.07) is 6.81. The summed E-state index contributed by atoms with van der Waals surface area (Å²) in [6.07, 6.45) is -2.46. The molecule has 18 heavy (non-hydrogen) atoms. The average molecular weight is 259 g/mol. The molecule has 0 aliphatic rings. The van der Waals surface area contributed by atoms with E-state index in [1.165, 1.54) is 7.11 Å². The van der Waals surface area contributed by atoms with Crippen LogP contribution in [0.25, 0.3) is 0 Å². The second-order valence-electron chi connectivity index (χ2n) is 3.96. The molecule has 5 heteroatoms. The molecule has 0 radical (unpaired) electrons. The lowest BCUT2D eigenvalue weighted by Gasteiger charge is -2.25. The molecular weight excluding hydrogens is 240 g/mol. The van der Waals surface area contributed by atoms with E-state index in [1.807, 2.05) is 13.0 Å². The molecular formula is C13H19F2NO2. The van der Waals surface area contributed by atoms with Crippen LogP contribution in [-0.4, -0.2) is 26.2 Å². The van der Waals surface area contributed by atoms with Crippen LogP contribution in [0.1, 0.15) is 25.0 Å². The summed E-state index contributed by atoms with van der Waals surface area (Å²) in [5, 5.41) is 0. The zero-order valence-electron chi connectivity index (χ0n) is 10.6. The number of benzene rings is 1. The Morgan fingerprint density at radius 3 is 2.50 bits per heavy atom. The number of halogens is 2. The van der Waals surface area contributed by atoms with Gasteiger partial charge >= 0.3 is 0 Å². The molecule has 0 spiro atoms. The number of hydrogen-bond donors (Lipinski definition) is 1. The van der Waals surface area contributed by atoms with E-state index in [1.54, 1.807) is 18.2 Å². The van der Waals surface area contributed by atoms with Crippen LogP contribution in [0, 0.1) is 0 Å². The van der Waals surface area contributed by atoms with Crippen LogP contribution in [-0.2, 0) is 4.74 Å². The predicted molar refractivity (Wildman–Crippen MR) is 66.0 cm³/mol. The molecule has 2 atom stereocenters. The van der Waals surface area contributed by atoms with Crippen molar-refractivity contribution in [2.45, 2.75) is 31.9 Å². The van der Waals surface area contributed by atoms with E-state index >= 15 is 0 Å². The maximum atomic E-state index is 12.3. The lowest BCUT2D eigenvalue weighted by atomic mass is 10.00. The Bertz CT molecular complexity index is 361. The highest BCUT2D eigenvalue weighted by Gasteiger charge is 2.23. The molecule has 0 aliphatic carbocycles. The first kappa shape index (κ1) is 14.9. The number of alkyl halides is 2. The second-order valence-corrected chi connectivity index (χ2v) is 3.96. The van der Waals surface area contributed by atoms with E-state index in [4.69, 9.17) is 15.2 Å². The number of ether oxygens (including phenoxy) is 2. The van der Waals surface area contributed by atoms with Gasteiger partial charge in [0.05, 0.1) is 7.11 Å². The minimum Gasteiger partial charge on any atom is -0.496 e. The molecule has 0 bridgehead atoms. The van der Waals surface area contributed by atoms with Crippen molar-refractivity contribution in [3.63, 3.8) is 0 Å². The van der Waals surface area contributed by atoms with Gasteiger partial charge in [0.25, 0.3) is 6.43 Å². The molecule has 0 amide bonds. The van der Waals surface area contributed by atoms with Gasteiger partial charge in [0, 0.05) is 11.6 Å². The Balaban J connectivity index is 2.93. The number of hydrogen-bond acceptors (Lipinski definition) is 3. The molecule has 102 valence electrons. The van der Waals surface area contributed by atoms with Crippen molar-refractivity contribution < 1.29 is 18.3 Å².